The number of fused-ring (bicyclic) bond motifs is 1. The van der Waals surface area contributed by atoms with E-state index in [-0.39, 0.29) is 30.0 Å². The summed E-state index contributed by atoms with van der Waals surface area (Å²) in [6, 6.07) is 9.02. The van der Waals surface area contributed by atoms with Crippen LogP contribution in [0.15, 0.2) is 35.6 Å². The average molecular weight is 482 g/mol. The Morgan fingerprint density at radius 1 is 1.26 bits per heavy atom. The van der Waals surface area contributed by atoms with Crippen molar-refractivity contribution in [3.05, 3.63) is 42.0 Å². The quantitative estimate of drug-likeness (QED) is 0.376. The molecular formula is C19H27IN6O. The van der Waals surface area contributed by atoms with Crippen LogP contribution in [0, 0.1) is 0 Å². The molecule has 1 aromatic heterocycles. The predicted octanol–water partition coefficient (Wildman–Crippen LogP) is 2.68. The fraction of sp³-hybridized carbons (Fsp3) is 0.526. The SMILES string of the molecule is CCc1nncn1CCN=C(NC1CC1)NC1CCOc2ccccc21.I. The number of rotatable bonds is 6. The Hall–Kier alpha value is -1.84. The Morgan fingerprint density at radius 3 is 2.93 bits per heavy atom. The smallest absolute Gasteiger partial charge is 0.192 e. The topological polar surface area (TPSA) is 76.4 Å². The first-order valence-corrected chi connectivity index (χ1v) is 9.49. The number of para-hydroxylation sites is 1. The Kier molecular flexibility index (Phi) is 6.92. The van der Waals surface area contributed by atoms with Crippen LogP contribution in [-0.4, -0.2) is 39.9 Å². The minimum absolute atomic E-state index is 0. The number of hydrogen-bond donors (Lipinski definition) is 2. The molecule has 0 bridgehead atoms. The van der Waals surface area contributed by atoms with Crippen LogP contribution in [-0.2, 0) is 13.0 Å². The van der Waals surface area contributed by atoms with Crippen molar-refractivity contribution in [3.8, 4) is 5.75 Å². The molecule has 2 aromatic rings. The number of guanidine groups is 1. The molecule has 8 heteroatoms. The first-order chi connectivity index (χ1) is 12.8. The highest BCUT2D eigenvalue weighted by molar-refractivity contribution is 14.0. The summed E-state index contributed by atoms with van der Waals surface area (Å²) in [4.78, 5) is 4.80. The summed E-state index contributed by atoms with van der Waals surface area (Å²) < 4.78 is 7.84. The molecule has 2 N–H and O–H groups in total. The largest absolute Gasteiger partial charge is 0.493 e. The highest BCUT2D eigenvalue weighted by Gasteiger charge is 2.26. The maximum absolute atomic E-state index is 5.77. The van der Waals surface area contributed by atoms with Crippen molar-refractivity contribution in [3.63, 3.8) is 0 Å². The molecule has 27 heavy (non-hydrogen) atoms. The molecule has 1 aliphatic heterocycles. The zero-order chi connectivity index (χ0) is 17.8. The van der Waals surface area contributed by atoms with Crippen LogP contribution < -0.4 is 15.4 Å². The van der Waals surface area contributed by atoms with Gasteiger partial charge < -0.3 is 19.9 Å². The van der Waals surface area contributed by atoms with Crippen LogP contribution >= 0.6 is 24.0 Å². The lowest BCUT2D eigenvalue weighted by atomic mass is 10.0. The number of aromatic nitrogens is 3. The van der Waals surface area contributed by atoms with E-state index >= 15 is 0 Å². The number of nitrogens with zero attached hydrogens (tertiary/aromatic N) is 4. The predicted molar refractivity (Wildman–Crippen MR) is 116 cm³/mol. The van der Waals surface area contributed by atoms with Gasteiger partial charge in [0.25, 0.3) is 0 Å². The molecule has 0 saturated heterocycles. The van der Waals surface area contributed by atoms with E-state index in [0.717, 1.165) is 43.5 Å². The van der Waals surface area contributed by atoms with Gasteiger partial charge in [-0.3, -0.25) is 4.99 Å². The van der Waals surface area contributed by atoms with E-state index < -0.39 is 0 Å². The van der Waals surface area contributed by atoms with Crippen molar-refractivity contribution in [2.24, 2.45) is 4.99 Å². The molecule has 1 aromatic carbocycles. The average Bonchev–Trinajstić information content (AvgIpc) is 3.37. The van der Waals surface area contributed by atoms with Gasteiger partial charge in [0.15, 0.2) is 5.96 Å². The molecule has 1 aliphatic carbocycles. The number of halogens is 1. The van der Waals surface area contributed by atoms with Gasteiger partial charge in [-0.25, -0.2) is 0 Å². The highest BCUT2D eigenvalue weighted by Crippen LogP contribution is 2.31. The lowest BCUT2D eigenvalue weighted by Crippen LogP contribution is -2.42. The molecule has 2 aliphatic rings. The molecule has 1 saturated carbocycles. The summed E-state index contributed by atoms with van der Waals surface area (Å²) in [6.45, 7) is 4.30. The molecule has 1 fully saturated rings. The van der Waals surface area contributed by atoms with E-state index in [1.165, 1.54) is 18.4 Å². The monoisotopic (exact) mass is 482 g/mol. The Balaban J connectivity index is 0.00000210. The number of nitrogens with one attached hydrogen (secondary N) is 2. The molecular weight excluding hydrogens is 455 g/mol. The third-order valence-corrected chi connectivity index (χ3v) is 4.81. The second kappa shape index (κ2) is 9.38. The molecule has 2 heterocycles. The normalized spacial score (nSPS) is 18.9. The summed E-state index contributed by atoms with van der Waals surface area (Å²) in [6.07, 6.45) is 6.04. The van der Waals surface area contributed by atoms with Crippen LogP contribution in [0.25, 0.3) is 0 Å². The van der Waals surface area contributed by atoms with Gasteiger partial charge in [-0.1, -0.05) is 25.1 Å². The third-order valence-electron chi connectivity index (χ3n) is 4.81. The second-order valence-corrected chi connectivity index (χ2v) is 6.81. The number of hydrogen-bond acceptors (Lipinski definition) is 4. The van der Waals surface area contributed by atoms with Gasteiger partial charge in [0, 0.05) is 31.0 Å². The molecule has 0 amide bonds. The molecule has 146 valence electrons. The Bertz CT molecular complexity index is 773. The Labute approximate surface area is 177 Å². The maximum Gasteiger partial charge on any atom is 0.192 e. The van der Waals surface area contributed by atoms with Crippen LogP contribution in [0.4, 0.5) is 0 Å². The Morgan fingerprint density at radius 2 is 2.11 bits per heavy atom. The van der Waals surface area contributed by atoms with E-state index in [0.29, 0.717) is 12.6 Å². The zero-order valence-corrected chi connectivity index (χ0v) is 17.9. The molecule has 1 atom stereocenters. The van der Waals surface area contributed by atoms with Crippen molar-refractivity contribution in [2.75, 3.05) is 13.2 Å². The lowest BCUT2D eigenvalue weighted by Gasteiger charge is -2.28. The number of aliphatic imine (C=N–C) groups is 1. The first-order valence-electron chi connectivity index (χ1n) is 9.49. The van der Waals surface area contributed by atoms with E-state index in [4.69, 9.17) is 9.73 Å². The van der Waals surface area contributed by atoms with Crippen molar-refractivity contribution < 1.29 is 4.74 Å². The summed E-state index contributed by atoms with van der Waals surface area (Å²) in [5.74, 6) is 2.86. The van der Waals surface area contributed by atoms with Gasteiger partial charge >= 0.3 is 0 Å². The van der Waals surface area contributed by atoms with Crippen LogP contribution in [0.2, 0.25) is 0 Å². The standard InChI is InChI=1S/C19H26N6O.HI/c1-2-18-24-21-13-25(18)11-10-20-19(22-14-7-8-14)23-16-9-12-26-17-6-4-3-5-15(16)17;/h3-6,13-14,16H,2,7-12H2,1H3,(H2,20,22,23);1H. The van der Waals surface area contributed by atoms with Crippen molar-refractivity contribution >= 4 is 29.9 Å². The van der Waals surface area contributed by atoms with Crippen molar-refractivity contribution in [1.82, 2.24) is 25.4 Å². The second-order valence-electron chi connectivity index (χ2n) is 6.81. The van der Waals surface area contributed by atoms with Gasteiger partial charge in [0.2, 0.25) is 0 Å². The zero-order valence-electron chi connectivity index (χ0n) is 15.6. The molecule has 0 radical (unpaired) electrons. The van der Waals surface area contributed by atoms with E-state index in [1.807, 2.05) is 12.1 Å². The van der Waals surface area contributed by atoms with Crippen molar-refractivity contribution in [2.45, 2.75) is 51.2 Å². The molecule has 0 spiro atoms. The fourth-order valence-corrected chi connectivity index (χ4v) is 3.22. The lowest BCUT2D eigenvalue weighted by molar-refractivity contribution is 0.261. The maximum atomic E-state index is 5.77. The van der Waals surface area contributed by atoms with Crippen LogP contribution in [0.5, 0.6) is 5.75 Å². The van der Waals surface area contributed by atoms with Gasteiger partial charge in [-0.15, -0.1) is 34.2 Å². The molecule has 7 nitrogen and oxygen atoms in total. The minimum Gasteiger partial charge on any atom is -0.493 e. The van der Waals surface area contributed by atoms with Gasteiger partial charge in [-0.05, 0) is 18.9 Å². The molecule has 1 unspecified atom stereocenters. The highest BCUT2D eigenvalue weighted by atomic mass is 127. The number of ether oxygens (including phenoxy) is 1. The van der Waals surface area contributed by atoms with E-state index in [9.17, 15) is 0 Å². The van der Waals surface area contributed by atoms with E-state index in [2.05, 4.69) is 44.5 Å². The van der Waals surface area contributed by atoms with Crippen molar-refractivity contribution in [1.29, 1.82) is 0 Å². The summed E-state index contributed by atoms with van der Waals surface area (Å²) in [5, 5.41) is 15.3. The van der Waals surface area contributed by atoms with Crippen LogP contribution in [0.1, 0.15) is 43.6 Å². The summed E-state index contributed by atoms with van der Waals surface area (Å²) in [7, 11) is 0. The van der Waals surface area contributed by atoms with Gasteiger partial charge in [-0.2, -0.15) is 0 Å². The van der Waals surface area contributed by atoms with E-state index in [1.54, 1.807) is 6.33 Å². The van der Waals surface area contributed by atoms with Crippen LogP contribution in [0.3, 0.4) is 0 Å². The first kappa shape index (κ1) is 19.9. The summed E-state index contributed by atoms with van der Waals surface area (Å²) in [5.41, 5.74) is 1.20. The fourth-order valence-electron chi connectivity index (χ4n) is 3.22. The third kappa shape index (κ3) is 5.12. The van der Waals surface area contributed by atoms with Gasteiger partial charge in [0.1, 0.15) is 17.9 Å². The summed E-state index contributed by atoms with van der Waals surface area (Å²) >= 11 is 0. The minimum atomic E-state index is 0. The van der Waals surface area contributed by atoms with Gasteiger partial charge in [0.05, 0.1) is 19.2 Å². The number of aryl methyl sites for hydroxylation is 1. The molecule has 4 rings (SSSR count). The number of benzene rings is 1.